The number of hydrogen-bond donors (Lipinski definition) is 1. The van der Waals surface area contributed by atoms with Crippen molar-refractivity contribution in [1.82, 2.24) is 9.97 Å². The predicted octanol–water partition coefficient (Wildman–Crippen LogP) is 2.14. The first kappa shape index (κ1) is 10.8. The fourth-order valence-corrected chi connectivity index (χ4v) is 1.77. The Bertz CT molecular complexity index is 480. The van der Waals surface area contributed by atoms with Gasteiger partial charge in [-0.3, -0.25) is 9.97 Å². The van der Waals surface area contributed by atoms with Gasteiger partial charge in [-0.05, 0) is 37.1 Å². The number of rotatable bonds is 2. The Balaban J connectivity index is 2.38. The van der Waals surface area contributed by atoms with Gasteiger partial charge in [-0.25, -0.2) is 0 Å². The van der Waals surface area contributed by atoms with Crippen LogP contribution in [0.15, 0.2) is 36.7 Å². The van der Waals surface area contributed by atoms with E-state index >= 15 is 0 Å². The highest BCUT2D eigenvalue weighted by Crippen LogP contribution is 2.20. The minimum Gasteiger partial charge on any atom is -0.320 e. The van der Waals surface area contributed by atoms with E-state index in [4.69, 9.17) is 5.73 Å². The fourth-order valence-electron chi connectivity index (χ4n) is 1.77. The highest BCUT2D eigenvalue weighted by atomic mass is 14.7. The van der Waals surface area contributed by atoms with Crippen LogP contribution in [0.3, 0.4) is 0 Å². The van der Waals surface area contributed by atoms with E-state index in [0.29, 0.717) is 0 Å². The summed E-state index contributed by atoms with van der Waals surface area (Å²) in [5.74, 6) is 0. The molecule has 0 saturated heterocycles. The summed E-state index contributed by atoms with van der Waals surface area (Å²) in [6.07, 6.45) is 3.54. The van der Waals surface area contributed by atoms with Crippen molar-refractivity contribution in [2.45, 2.75) is 19.9 Å². The van der Waals surface area contributed by atoms with Crippen molar-refractivity contribution in [3.05, 3.63) is 59.2 Å². The van der Waals surface area contributed by atoms with Gasteiger partial charge in [0.1, 0.15) is 0 Å². The van der Waals surface area contributed by atoms with Crippen molar-refractivity contribution in [3.8, 4) is 0 Å². The molecule has 2 rings (SSSR count). The van der Waals surface area contributed by atoms with E-state index in [1.165, 1.54) is 0 Å². The molecule has 0 saturated carbocycles. The third kappa shape index (κ3) is 2.09. The van der Waals surface area contributed by atoms with Crippen molar-refractivity contribution in [3.63, 3.8) is 0 Å². The Kier molecular flexibility index (Phi) is 2.97. The molecule has 0 aliphatic rings. The van der Waals surface area contributed by atoms with Gasteiger partial charge in [0.25, 0.3) is 0 Å². The van der Waals surface area contributed by atoms with Crippen LogP contribution in [0.4, 0.5) is 0 Å². The quantitative estimate of drug-likeness (QED) is 0.831. The first-order chi connectivity index (χ1) is 7.68. The highest BCUT2D eigenvalue weighted by Gasteiger charge is 2.11. The van der Waals surface area contributed by atoms with E-state index < -0.39 is 0 Å². The molecule has 0 amide bonds. The molecule has 0 spiro atoms. The topological polar surface area (TPSA) is 51.8 Å². The van der Waals surface area contributed by atoms with Crippen LogP contribution in [0.5, 0.6) is 0 Å². The largest absolute Gasteiger partial charge is 0.320 e. The van der Waals surface area contributed by atoms with Crippen LogP contribution in [-0.2, 0) is 0 Å². The molecule has 82 valence electrons. The van der Waals surface area contributed by atoms with Gasteiger partial charge in [-0.15, -0.1) is 0 Å². The minimum absolute atomic E-state index is 0.151. The predicted molar refractivity (Wildman–Crippen MR) is 64.0 cm³/mol. The number of aromatic nitrogens is 2. The second-order valence-electron chi connectivity index (χ2n) is 3.89. The van der Waals surface area contributed by atoms with E-state index in [1.54, 1.807) is 12.4 Å². The van der Waals surface area contributed by atoms with Crippen molar-refractivity contribution in [1.29, 1.82) is 0 Å². The number of aryl methyl sites for hydroxylation is 2. The normalized spacial score (nSPS) is 12.4. The molecule has 3 nitrogen and oxygen atoms in total. The number of hydrogen-bond acceptors (Lipinski definition) is 3. The monoisotopic (exact) mass is 213 g/mol. The van der Waals surface area contributed by atoms with Gasteiger partial charge in [-0.2, -0.15) is 0 Å². The molecule has 0 aliphatic heterocycles. The second kappa shape index (κ2) is 4.41. The zero-order valence-electron chi connectivity index (χ0n) is 9.51. The van der Waals surface area contributed by atoms with E-state index in [9.17, 15) is 0 Å². The van der Waals surface area contributed by atoms with Crippen LogP contribution in [0.2, 0.25) is 0 Å². The zero-order chi connectivity index (χ0) is 11.5. The average Bonchev–Trinajstić information content (AvgIpc) is 2.29. The van der Waals surface area contributed by atoms with Crippen LogP contribution >= 0.6 is 0 Å². The fraction of sp³-hybridized carbons (Fsp3) is 0.231. The first-order valence-corrected chi connectivity index (χ1v) is 5.28. The average molecular weight is 213 g/mol. The number of pyridine rings is 2. The Morgan fingerprint density at radius 3 is 2.62 bits per heavy atom. The Labute approximate surface area is 95.4 Å². The minimum atomic E-state index is -0.151. The second-order valence-corrected chi connectivity index (χ2v) is 3.89. The van der Waals surface area contributed by atoms with Gasteiger partial charge in [0, 0.05) is 23.8 Å². The summed E-state index contributed by atoms with van der Waals surface area (Å²) >= 11 is 0. The van der Waals surface area contributed by atoms with Crippen LogP contribution in [0.1, 0.15) is 28.6 Å². The maximum absolute atomic E-state index is 6.19. The molecular weight excluding hydrogens is 198 g/mol. The van der Waals surface area contributed by atoms with Gasteiger partial charge in [0.15, 0.2) is 0 Å². The Morgan fingerprint density at radius 1 is 1.19 bits per heavy atom. The highest BCUT2D eigenvalue weighted by molar-refractivity contribution is 5.32. The van der Waals surface area contributed by atoms with Crippen molar-refractivity contribution < 1.29 is 0 Å². The third-order valence-electron chi connectivity index (χ3n) is 2.64. The van der Waals surface area contributed by atoms with Crippen LogP contribution < -0.4 is 5.73 Å². The molecule has 1 unspecified atom stereocenters. The molecule has 16 heavy (non-hydrogen) atoms. The maximum Gasteiger partial charge on any atom is 0.0584 e. The number of nitrogens with zero attached hydrogens (tertiary/aromatic N) is 2. The molecule has 0 aliphatic carbocycles. The van der Waals surface area contributed by atoms with Gasteiger partial charge in [0.05, 0.1) is 6.04 Å². The SMILES string of the molecule is Cc1ccc(C(N)c2cccnc2)c(C)n1. The van der Waals surface area contributed by atoms with Crippen LogP contribution in [-0.4, -0.2) is 9.97 Å². The lowest BCUT2D eigenvalue weighted by Gasteiger charge is -2.14. The summed E-state index contributed by atoms with van der Waals surface area (Å²) in [7, 11) is 0. The smallest absolute Gasteiger partial charge is 0.0584 e. The summed E-state index contributed by atoms with van der Waals surface area (Å²) in [5.41, 5.74) is 10.2. The molecule has 0 aromatic carbocycles. The molecule has 0 bridgehead atoms. The molecule has 2 aromatic rings. The lowest BCUT2D eigenvalue weighted by Crippen LogP contribution is -2.14. The zero-order valence-corrected chi connectivity index (χ0v) is 9.51. The van der Waals surface area contributed by atoms with Crippen molar-refractivity contribution in [2.75, 3.05) is 0 Å². The molecule has 1 atom stereocenters. The molecule has 3 heteroatoms. The van der Waals surface area contributed by atoms with Gasteiger partial charge in [-0.1, -0.05) is 12.1 Å². The van der Waals surface area contributed by atoms with Gasteiger partial charge in [0.2, 0.25) is 0 Å². The lowest BCUT2D eigenvalue weighted by molar-refractivity contribution is 0.837. The Morgan fingerprint density at radius 2 is 2.00 bits per heavy atom. The summed E-state index contributed by atoms with van der Waals surface area (Å²) in [6.45, 7) is 3.96. The summed E-state index contributed by atoms with van der Waals surface area (Å²) in [4.78, 5) is 8.50. The molecule has 2 N–H and O–H groups in total. The molecule has 2 heterocycles. The van der Waals surface area contributed by atoms with Gasteiger partial charge < -0.3 is 5.73 Å². The van der Waals surface area contributed by atoms with E-state index in [1.807, 2.05) is 38.1 Å². The Hall–Kier alpha value is -1.74. The summed E-state index contributed by atoms with van der Waals surface area (Å²) < 4.78 is 0. The molecule has 0 radical (unpaired) electrons. The van der Waals surface area contributed by atoms with Crippen LogP contribution in [0.25, 0.3) is 0 Å². The molecule has 2 aromatic heterocycles. The standard InChI is InChI=1S/C13H15N3/c1-9-5-6-12(10(2)16-9)13(14)11-4-3-7-15-8-11/h3-8,13H,14H2,1-2H3. The van der Waals surface area contributed by atoms with Gasteiger partial charge >= 0.3 is 0 Å². The van der Waals surface area contributed by atoms with E-state index in [-0.39, 0.29) is 6.04 Å². The van der Waals surface area contributed by atoms with Crippen molar-refractivity contribution in [2.24, 2.45) is 5.73 Å². The molecular formula is C13H15N3. The summed E-state index contributed by atoms with van der Waals surface area (Å²) in [5, 5.41) is 0. The van der Waals surface area contributed by atoms with E-state index in [0.717, 1.165) is 22.5 Å². The first-order valence-electron chi connectivity index (χ1n) is 5.28. The van der Waals surface area contributed by atoms with Crippen molar-refractivity contribution >= 4 is 0 Å². The molecule has 0 fully saturated rings. The summed E-state index contributed by atoms with van der Waals surface area (Å²) in [6, 6.07) is 7.75. The number of nitrogens with two attached hydrogens (primary N) is 1. The lowest BCUT2D eigenvalue weighted by atomic mass is 10.00. The maximum atomic E-state index is 6.19. The van der Waals surface area contributed by atoms with E-state index in [2.05, 4.69) is 9.97 Å². The third-order valence-corrected chi connectivity index (χ3v) is 2.64. The van der Waals surface area contributed by atoms with Crippen LogP contribution in [0, 0.1) is 13.8 Å².